The number of rotatable bonds is 9. The highest BCUT2D eigenvalue weighted by molar-refractivity contribution is 7.11. The number of hydrogen-bond acceptors (Lipinski definition) is 11. The lowest BCUT2D eigenvalue weighted by molar-refractivity contribution is -0.136. The van der Waals surface area contributed by atoms with Crippen LogP contribution in [-0.4, -0.2) is 94.3 Å². The van der Waals surface area contributed by atoms with Gasteiger partial charge in [-0.1, -0.05) is 17.7 Å². The number of thiazole rings is 1. The number of carbonyl (C=O) groups is 3. The number of fused-ring (bicyclic) bond motifs is 1. The number of nitrogens with one attached hydrogen (secondary N) is 1. The van der Waals surface area contributed by atoms with Crippen LogP contribution in [0.1, 0.15) is 27.0 Å². The summed E-state index contributed by atoms with van der Waals surface area (Å²) < 4.78 is 34.6. The molecular formula is C34H28ClF2N7O7S. The molecule has 2 aromatic heterocycles. The number of amides is 2. The number of anilines is 1. The Labute approximate surface area is 302 Å². The molecule has 0 spiro atoms. The number of halogens is 3. The molecule has 0 saturated carbocycles. The molecule has 1 unspecified atom stereocenters. The molecule has 18 heteroatoms. The fourth-order valence-electron chi connectivity index (χ4n) is 6.32. The normalized spacial score (nSPS) is 18.9. The van der Waals surface area contributed by atoms with Crippen molar-refractivity contribution in [2.24, 2.45) is 4.99 Å². The highest BCUT2D eigenvalue weighted by Crippen LogP contribution is 2.37. The Morgan fingerprint density at radius 3 is 2.63 bits per heavy atom. The minimum absolute atomic E-state index is 0.0889. The molecule has 0 bridgehead atoms. The largest absolute Gasteiger partial charge is 0.478 e. The van der Waals surface area contributed by atoms with E-state index in [0.29, 0.717) is 47.4 Å². The fourth-order valence-corrected chi connectivity index (χ4v) is 7.18. The van der Waals surface area contributed by atoms with Gasteiger partial charge in [0.1, 0.15) is 11.9 Å². The predicted molar refractivity (Wildman–Crippen MR) is 185 cm³/mol. The summed E-state index contributed by atoms with van der Waals surface area (Å²) in [7, 11) is 1.26. The second-order valence-corrected chi connectivity index (χ2v) is 13.3. The number of ether oxygens (including phenoxy) is 1. The first-order valence-corrected chi connectivity index (χ1v) is 17.0. The minimum atomic E-state index is -1.32. The Morgan fingerprint density at radius 1 is 1.10 bits per heavy atom. The van der Waals surface area contributed by atoms with E-state index in [9.17, 15) is 28.0 Å². The van der Waals surface area contributed by atoms with Crippen LogP contribution in [0, 0.1) is 11.6 Å². The van der Waals surface area contributed by atoms with Crippen LogP contribution in [0.25, 0.3) is 0 Å². The van der Waals surface area contributed by atoms with Crippen molar-refractivity contribution >= 4 is 52.4 Å². The number of piperazine rings is 1. The summed E-state index contributed by atoms with van der Waals surface area (Å²) in [6.45, 7) is 1.66. The topological polar surface area (TPSA) is 159 Å². The first-order chi connectivity index (χ1) is 25.0. The number of pyridine rings is 1. The highest BCUT2D eigenvalue weighted by atomic mass is 35.5. The molecule has 3 aliphatic heterocycles. The molecule has 268 valence electrons. The van der Waals surface area contributed by atoms with E-state index < -0.39 is 35.2 Å². The molecule has 0 aliphatic carbocycles. The van der Waals surface area contributed by atoms with E-state index in [1.165, 1.54) is 53.8 Å². The number of carboxylic acid groups (broad SMARTS) is 1. The molecule has 2 aromatic carbocycles. The van der Waals surface area contributed by atoms with Crippen LogP contribution < -0.4 is 20.6 Å². The number of methoxy groups -OCH3 is 1. The van der Waals surface area contributed by atoms with Gasteiger partial charge in [-0.3, -0.25) is 19.6 Å². The maximum atomic E-state index is 14.6. The lowest BCUT2D eigenvalue weighted by Crippen LogP contribution is -2.53. The van der Waals surface area contributed by atoms with Crippen molar-refractivity contribution in [3.8, 4) is 5.75 Å². The summed E-state index contributed by atoms with van der Waals surface area (Å²) in [4.78, 5) is 70.6. The van der Waals surface area contributed by atoms with Gasteiger partial charge in [-0.05, 0) is 36.4 Å². The monoisotopic (exact) mass is 751 g/mol. The maximum absolute atomic E-state index is 14.6. The number of amidine groups is 1. The van der Waals surface area contributed by atoms with Gasteiger partial charge in [0.15, 0.2) is 22.4 Å². The number of aliphatic imine (C=N–C) groups is 1. The first kappa shape index (κ1) is 34.8. The zero-order valence-corrected chi connectivity index (χ0v) is 28.7. The van der Waals surface area contributed by atoms with E-state index in [0.717, 1.165) is 29.0 Å². The van der Waals surface area contributed by atoms with E-state index in [1.807, 2.05) is 0 Å². The molecule has 52 heavy (non-hydrogen) atoms. The van der Waals surface area contributed by atoms with Crippen molar-refractivity contribution in [2.45, 2.75) is 12.1 Å². The Kier molecular flexibility index (Phi) is 9.48. The Hall–Kier alpha value is -5.65. The van der Waals surface area contributed by atoms with Crippen molar-refractivity contribution in [1.82, 2.24) is 24.8 Å². The third kappa shape index (κ3) is 6.72. The molecule has 3 aliphatic rings. The standard InChI is InChI=1S/C34H28ClF2N7O7S/c1-50-33(48)28-25(39-30(31-38-8-11-52-31)40-29(28)22-5-3-19(36)13-23(22)35)17-41-9-10-42-21(14-41)15-43(34(42)49)20-4-7-27(45)44(16-20)51-26-6-2-18(32(46)47)12-24(26)37/h2-8,11-13,16,21,29H,9-10,14-15,17H2,1H3,(H,39,40)(H,46,47)/t21-,29?/m0/s1. The van der Waals surface area contributed by atoms with Gasteiger partial charge in [0, 0.05) is 66.7 Å². The molecule has 2 amide bonds. The quantitative estimate of drug-likeness (QED) is 0.240. The average Bonchev–Trinajstić information content (AvgIpc) is 3.78. The molecule has 0 radical (unpaired) electrons. The van der Waals surface area contributed by atoms with Gasteiger partial charge in [0.05, 0.1) is 36.2 Å². The van der Waals surface area contributed by atoms with Crippen LogP contribution in [0.15, 0.2) is 87.4 Å². The Morgan fingerprint density at radius 2 is 1.92 bits per heavy atom. The molecule has 2 atom stereocenters. The molecule has 2 N–H and O–H groups in total. The SMILES string of the molecule is COC(=O)C1=C(CN2CCN3C(=O)N(c4ccc(=O)n(Oc5ccc(C(=O)O)cc5F)c4)C[C@@H]3C2)NC(c2nccs2)=NC1c1ccc(F)cc1Cl. The van der Waals surface area contributed by atoms with Gasteiger partial charge in [0.2, 0.25) is 0 Å². The number of carboxylic acids is 1. The number of esters is 1. The number of carbonyl (C=O) groups excluding carboxylic acids is 2. The van der Waals surface area contributed by atoms with Crippen molar-refractivity contribution in [3.63, 3.8) is 0 Å². The van der Waals surface area contributed by atoms with Crippen molar-refractivity contribution < 1.29 is 37.8 Å². The number of urea groups is 1. The van der Waals surface area contributed by atoms with Crippen LogP contribution in [-0.2, 0) is 9.53 Å². The fraction of sp³-hybridized carbons (Fsp3) is 0.235. The second kappa shape index (κ2) is 14.2. The van der Waals surface area contributed by atoms with E-state index in [1.54, 1.807) is 16.5 Å². The number of benzene rings is 2. The molecule has 5 heterocycles. The van der Waals surface area contributed by atoms with Gasteiger partial charge >= 0.3 is 18.0 Å². The maximum Gasteiger partial charge on any atom is 0.338 e. The second-order valence-electron chi connectivity index (χ2n) is 12.0. The van der Waals surface area contributed by atoms with E-state index >= 15 is 0 Å². The molecule has 4 aromatic rings. The van der Waals surface area contributed by atoms with Crippen LogP contribution in [0.5, 0.6) is 5.75 Å². The van der Waals surface area contributed by atoms with Gasteiger partial charge in [-0.15, -0.1) is 16.1 Å². The number of aromatic carboxylic acids is 1. The molecule has 2 saturated heterocycles. The zero-order chi connectivity index (χ0) is 36.7. The van der Waals surface area contributed by atoms with Crippen LogP contribution in [0.3, 0.4) is 0 Å². The van der Waals surface area contributed by atoms with Gasteiger partial charge in [0.25, 0.3) is 5.56 Å². The van der Waals surface area contributed by atoms with E-state index in [-0.39, 0.29) is 47.1 Å². The third-order valence-electron chi connectivity index (χ3n) is 8.79. The average molecular weight is 752 g/mol. The minimum Gasteiger partial charge on any atom is -0.478 e. The number of aromatic nitrogens is 2. The Bertz CT molecular complexity index is 2210. The molecule has 2 fully saturated rings. The van der Waals surface area contributed by atoms with Crippen LogP contribution >= 0.6 is 22.9 Å². The summed E-state index contributed by atoms with van der Waals surface area (Å²) in [5.41, 5.74) is 0.474. The number of hydrogen-bond donors (Lipinski definition) is 2. The summed E-state index contributed by atoms with van der Waals surface area (Å²) in [5, 5.41) is 14.8. The summed E-state index contributed by atoms with van der Waals surface area (Å²) >= 11 is 7.82. The Balaban J connectivity index is 1.13. The molecular weight excluding hydrogens is 724 g/mol. The van der Waals surface area contributed by atoms with Crippen molar-refractivity contribution in [1.29, 1.82) is 0 Å². The van der Waals surface area contributed by atoms with Crippen LogP contribution in [0.4, 0.5) is 19.3 Å². The lowest BCUT2D eigenvalue weighted by Gasteiger charge is -2.38. The molecule has 7 rings (SSSR count). The zero-order valence-electron chi connectivity index (χ0n) is 27.2. The van der Waals surface area contributed by atoms with E-state index in [2.05, 4.69) is 15.2 Å². The van der Waals surface area contributed by atoms with Gasteiger partial charge in [-0.2, -0.15) is 0 Å². The summed E-state index contributed by atoms with van der Waals surface area (Å²) in [6.07, 6.45) is 2.89. The van der Waals surface area contributed by atoms with Gasteiger partial charge in [-0.25, -0.2) is 28.1 Å². The van der Waals surface area contributed by atoms with Crippen LogP contribution in [0.2, 0.25) is 5.02 Å². The number of nitrogens with zero attached hydrogens (tertiary/aromatic N) is 6. The molecule has 14 nitrogen and oxygen atoms in total. The van der Waals surface area contributed by atoms with Crippen molar-refractivity contribution in [2.75, 3.05) is 44.7 Å². The highest BCUT2D eigenvalue weighted by Gasteiger charge is 2.42. The van der Waals surface area contributed by atoms with E-state index in [4.69, 9.17) is 31.3 Å². The van der Waals surface area contributed by atoms with Crippen molar-refractivity contribution in [3.05, 3.63) is 121 Å². The summed E-state index contributed by atoms with van der Waals surface area (Å²) in [5.74, 6) is -3.47. The smallest absolute Gasteiger partial charge is 0.338 e. The lowest BCUT2D eigenvalue weighted by atomic mass is 9.95. The summed E-state index contributed by atoms with van der Waals surface area (Å²) in [6, 6.07) is 8.01. The first-order valence-electron chi connectivity index (χ1n) is 15.8. The third-order valence-corrected chi connectivity index (χ3v) is 9.90. The van der Waals surface area contributed by atoms with Gasteiger partial charge < -0.3 is 24.9 Å². The predicted octanol–water partition coefficient (Wildman–Crippen LogP) is 3.92.